The van der Waals surface area contributed by atoms with Gasteiger partial charge in [-0.1, -0.05) is 12.1 Å². The van der Waals surface area contributed by atoms with Crippen LogP contribution < -0.4 is 20.3 Å². The minimum atomic E-state index is 0.214. The Morgan fingerprint density at radius 3 is 2.81 bits per heavy atom. The number of nitrogens with zero attached hydrogens (tertiary/aromatic N) is 5. The normalized spacial score (nSPS) is 14.1. The molecule has 0 saturated carbocycles. The smallest absolute Gasteiger partial charge is 0.236 e. The first-order valence-electron chi connectivity index (χ1n) is 6.83. The van der Waals surface area contributed by atoms with Gasteiger partial charge in [-0.3, -0.25) is 0 Å². The predicted octanol–water partition coefficient (Wildman–Crippen LogP) is 1.44. The van der Waals surface area contributed by atoms with Crippen molar-refractivity contribution in [1.82, 2.24) is 15.0 Å². The number of hydrogen-bond acceptors (Lipinski definition) is 7. The van der Waals surface area contributed by atoms with Crippen LogP contribution in [0.15, 0.2) is 24.3 Å². The molecular formula is C14H18N6O. The highest BCUT2D eigenvalue weighted by atomic mass is 16.5. The highest BCUT2D eigenvalue weighted by Crippen LogP contribution is 2.34. The van der Waals surface area contributed by atoms with Gasteiger partial charge in [0.05, 0.1) is 12.3 Å². The van der Waals surface area contributed by atoms with Gasteiger partial charge in [-0.2, -0.15) is 15.0 Å². The summed E-state index contributed by atoms with van der Waals surface area (Å²) in [7, 11) is 3.75. The van der Waals surface area contributed by atoms with Crippen molar-refractivity contribution in [3.05, 3.63) is 24.3 Å². The predicted molar refractivity (Wildman–Crippen MR) is 82.1 cm³/mol. The number of para-hydroxylation sites is 2. The zero-order valence-electron chi connectivity index (χ0n) is 12.2. The standard InChI is InChI=1S/C14H18N6O/c1-19(2)13-16-12(15)17-14(18-13)20-8-5-9-21-11-7-4-3-6-10(11)20/h3-4,6-7H,5,8-9H2,1-2H3,(H2,15,16,17,18). The fourth-order valence-corrected chi connectivity index (χ4v) is 2.23. The molecule has 0 unspecified atom stereocenters. The zero-order chi connectivity index (χ0) is 14.8. The summed E-state index contributed by atoms with van der Waals surface area (Å²) in [6.07, 6.45) is 0.886. The zero-order valence-corrected chi connectivity index (χ0v) is 12.2. The molecule has 0 amide bonds. The number of fused-ring (bicyclic) bond motifs is 1. The maximum absolute atomic E-state index is 5.82. The largest absolute Gasteiger partial charge is 0.491 e. The number of rotatable bonds is 2. The Morgan fingerprint density at radius 1 is 1.19 bits per heavy atom. The van der Waals surface area contributed by atoms with Gasteiger partial charge in [-0.15, -0.1) is 0 Å². The molecule has 7 heteroatoms. The molecule has 21 heavy (non-hydrogen) atoms. The van der Waals surface area contributed by atoms with Crippen LogP contribution in [0.3, 0.4) is 0 Å². The molecule has 110 valence electrons. The van der Waals surface area contributed by atoms with Crippen molar-refractivity contribution >= 4 is 23.5 Å². The monoisotopic (exact) mass is 286 g/mol. The summed E-state index contributed by atoms with van der Waals surface area (Å²) in [6, 6.07) is 7.87. The van der Waals surface area contributed by atoms with Crippen LogP contribution in [-0.2, 0) is 0 Å². The van der Waals surface area contributed by atoms with E-state index in [1.165, 1.54) is 0 Å². The molecule has 0 atom stereocenters. The van der Waals surface area contributed by atoms with Crippen LogP contribution in [0.5, 0.6) is 5.75 Å². The van der Waals surface area contributed by atoms with E-state index in [1.54, 1.807) is 0 Å². The van der Waals surface area contributed by atoms with Crippen molar-refractivity contribution in [3.8, 4) is 5.75 Å². The van der Waals surface area contributed by atoms with E-state index in [9.17, 15) is 0 Å². The summed E-state index contributed by atoms with van der Waals surface area (Å²) in [5, 5.41) is 0. The fourth-order valence-electron chi connectivity index (χ4n) is 2.23. The number of benzene rings is 1. The average Bonchev–Trinajstić information content (AvgIpc) is 2.69. The topological polar surface area (TPSA) is 80.4 Å². The molecule has 1 aromatic heterocycles. The molecule has 0 fully saturated rings. The highest BCUT2D eigenvalue weighted by Gasteiger charge is 2.21. The SMILES string of the molecule is CN(C)c1nc(N)nc(N2CCCOc3ccccc32)n1. The summed E-state index contributed by atoms with van der Waals surface area (Å²) in [5.74, 6) is 2.14. The molecule has 3 rings (SSSR count). The lowest BCUT2D eigenvalue weighted by atomic mass is 10.2. The van der Waals surface area contributed by atoms with Gasteiger partial charge in [0.15, 0.2) is 0 Å². The molecule has 1 aromatic carbocycles. The Kier molecular flexibility index (Phi) is 3.47. The molecule has 2 N–H and O–H groups in total. The van der Waals surface area contributed by atoms with Crippen LogP contribution >= 0.6 is 0 Å². The lowest BCUT2D eigenvalue weighted by Crippen LogP contribution is -2.23. The van der Waals surface area contributed by atoms with Crippen molar-refractivity contribution in [2.45, 2.75) is 6.42 Å². The Labute approximate surface area is 123 Å². The van der Waals surface area contributed by atoms with E-state index in [2.05, 4.69) is 15.0 Å². The average molecular weight is 286 g/mol. The third-order valence-electron chi connectivity index (χ3n) is 3.21. The number of anilines is 4. The van der Waals surface area contributed by atoms with Crippen LogP contribution in [0.4, 0.5) is 23.5 Å². The van der Waals surface area contributed by atoms with E-state index in [0.717, 1.165) is 24.4 Å². The second-order valence-electron chi connectivity index (χ2n) is 5.01. The Bertz CT molecular complexity index is 645. The minimum absolute atomic E-state index is 0.214. The van der Waals surface area contributed by atoms with Crippen molar-refractivity contribution in [3.63, 3.8) is 0 Å². The molecular weight excluding hydrogens is 268 g/mol. The Hall–Kier alpha value is -2.57. The summed E-state index contributed by atoms with van der Waals surface area (Å²) >= 11 is 0. The second kappa shape index (κ2) is 5.43. The third kappa shape index (κ3) is 2.67. The molecule has 1 aliphatic rings. The van der Waals surface area contributed by atoms with Gasteiger partial charge in [0.1, 0.15) is 5.75 Å². The molecule has 0 bridgehead atoms. The summed E-state index contributed by atoms with van der Waals surface area (Å²) in [6.45, 7) is 1.45. The van der Waals surface area contributed by atoms with E-state index >= 15 is 0 Å². The van der Waals surface area contributed by atoms with E-state index in [1.807, 2.05) is 48.2 Å². The van der Waals surface area contributed by atoms with Gasteiger partial charge in [-0.25, -0.2) is 0 Å². The Morgan fingerprint density at radius 2 is 2.00 bits per heavy atom. The van der Waals surface area contributed by atoms with Crippen LogP contribution in [0.25, 0.3) is 0 Å². The van der Waals surface area contributed by atoms with Gasteiger partial charge in [0.2, 0.25) is 17.8 Å². The van der Waals surface area contributed by atoms with Gasteiger partial charge in [-0.05, 0) is 18.6 Å². The van der Waals surface area contributed by atoms with Gasteiger partial charge < -0.3 is 20.3 Å². The first-order chi connectivity index (χ1) is 10.1. The fraction of sp³-hybridized carbons (Fsp3) is 0.357. The van der Waals surface area contributed by atoms with E-state index in [4.69, 9.17) is 10.5 Å². The summed E-state index contributed by atoms with van der Waals surface area (Å²) in [5.41, 5.74) is 6.77. The number of nitrogens with two attached hydrogens (primary N) is 1. The molecule has 0 aliphatic carbocycles. The molecule has 1 aliphatic heterocycles. The molecule has 0 radical (unpaired) electrons. The molecule has 7 nitrogen and oxygen atoms in total. The lowest BCUT2D eigenvalue weighted by Gasteiger charge is -2.22. The van der Waals surface area contributed by atoms with Gasteiger partial charge in [0, 0.05) is 20.6 Å². The van der Waals surface area contributed by atoms with Gasteiger partial charge in [0.25, 0.3) is 0 Å². The maximum Gasteiger partial charge on any atom is 0.236 e. The summed E-state index contributed by atoms with van der Waals surface area (Å²) in [4.78, 5) is 16.7. The van der Waals surface area contributed by atoms with E-state index in [-0.39, 0.29) is 5.95 Å². The van der Waals surface area contributed by atoms with Crippen molar-refractivity contribution in [2.75, 3.05) is 42.8 Å². The van der Waals surface area contributed by atoms with Crippen LogP contribution in [0.1, 0.15) is 6.42 Å². The molecule has 2 heterocycles. The second-order valence-corrected chi connectivity index (χ2v) is 5.01. The van der Waals surface area contributed by atoms with E-state index in [0.29, 0.717) is 18.5 Å². The van der Waals surface area contributed by atoms with Crippen molar-refractivity contribution < 1.29 is 4.74 Å². The van der Waals surface area contributed by atoms with Crippen LogP contribution in [0, 0.1) is 0 Å². The number of ether oxygens (including phenoxy) is 1. The Balaban J connectivity index is 2.07. The number of aromatic nitrogens is 3. The third-order valence-corrected chi connectivity index (χ3v) is 3.21. The molecule has 0 saturated heterocycles. The quantitative estimate of drug-likeness (QED) is 0.894. The van der Waals surface area contributed by atoms with Crippen molar-refractivity contribution in [1.29, 1.82) is 0 Å². The highest BCUT2D eigenvalue weighted by molar-refractivity contribution is 5.66. The maximum atomic E-state index is 5.82. The van der Waals surface area contributed by atoms with Crippen LogP contribution in [0.2, 0.25) is 0 Å². The first-order valence-corrected chi connectivity index (χ1v) is 6.83. The number of hydrogen-bond donors (Lipinski definition) is 1. The number of nitrogen functional groups attached to an aromatic ring is 1. The first kappa shape index (κ1) is 13.4. The summed E-state index contributed by atoms with van der Waals surface area (Å²) < 4.78 is 5.75. The lowest BCUT2D eigenvalue weighted by molar-refractivity contribution is 0.322. The van der Waals surface area contributed by atoms with Crippen molar-refractivity contribution in [2.24, 2.45) is 0 Å². The molecule has 0 spiro atoms. The van der Waals surface area contributed by atoms with E-state index < -0.39 is 0 Å². The minimum Gasteiger partial charge on any atom is -0.491 e. The molecule has 2 aromatic rings. The van der Waals surface area contributed by atoms with Crippen LogP contribution in [-0.4, -0.2) is 42.2 Å². The van der Waals surface area contributed by atoms with Gasteiger partial charge >= 0.3 is 0 Å².